The molecule has 38 nitrogen and oxygen atoms in total. The van der Waals surface area contributed by atoms with Gasteiger partial charge in [0.2, 0.25) is 29.7 Å². The fraction of sp³-hybridized carbons (Fsp3) is 0.386. The number of carbonyl (C=O) groups excluding carboxylic acids is 7. The molecule has 4 aromatic carbocycles. The van der Waals surface area contributed by atoms with Crippen molar-refractivity contribution in [3.05, 3.63) is 173 Å². The monoisotopic (exact) mass is 1780 g/mol. The van der Waals surface area contributed by atoms with Crippen molar-refractivity contribution in [2.75, 3.05) is 118 Å². The van der Waals surface area contributed by atoms with E-state index in [0.29, 0.717) is 132 Å². The summed E-state index contributed by atoms with van der Waals surface area (Å²) < 4.78 is 92.0. The topological polar surface area (TPSA) is 485 Å². The number of quaternary nitrogens is 1. The highest BCUT2D eigenvalue weighted by molar-refractivity contribution is 7.88. The number of urea groups is 1. The van der Waals surface area contributed by atoms with Gasteiger partial charge in [-0.15, -0.1) is 16.4 Å². The maximum absolute atomic E-state index is 14.5. The van der Waals surface area contributed by atoms with Crippen molar-refractivity contribution in [3.8, 4) is 34.5 Å². The molecule has 2 aliphatic heterocycles. The number of likely N-dealkylation sites (N-methyl/N-ethyl adjacent to an activating group) is 1. The van der Waals surface area contributed by atoms with Gasteiger partial charge in [0.1, 0.15) is 83.4 Å². The number of hydrogen-bond acceptors (Lipinski definition) is 28. The number of aliphatic carboxylic acids is 1. The van der Waals surface area contributed by atoms with Crippen LogP contribution >= 0.6 is 22.9 Å². The molecule has 5 aromatic heterocycles. The predicted molar refractivity (Wildman–Crippen MR) is 456 cm³/mol. The number of pyridine rings is 1. The number of amides is 8. The number of fused-ring (bicyclic) bond motifs is 5. The number of ether oxygens (including phenoxy) is 8. The molecule has 0 unspecified atom stereocenters. The van der Waals surface area contributed by atoms with Crippen molar-refractivity contribution >= 4 is 124 Å². The Morgan fingerprint density at radius 1 is 0.792 bits per heavy atom. The van der Waals surface area contributed by atoms with E-state index in [2.05, 4.69) is 69.8 Å². The maximum Gasteiger partial charge on any atom is 0.421 e. The Morgan fingerprint density at radius 3 is 2.31 bits per heavy atom. The highest BCUT2D eigenvalue weighted by Gasteiger charge is 2.34. The minimum absolute atomic E-state index is 0.00643. The van der Waals surface area contributed by atoms with Gasteiger partial charge in [-0.1, -0.05) is 73.6 Å². The molecule has 0 saturated carbocycles. The van der Waals surface area contributed by atoms with E-state index in [1.165, 1.54) is 34.5 Å². The van der Waals surface area contributed by atoms with Gasteiger partial charge in [0.15, 0.2) is 5.82 Å². The number of nitrogens with one attached hydrogen (secondary N) is 6. The molecule has 1 saturated heterocycles. The third kappa shape index (κ3) is 26.6. The normalized spacial score (nSPS) is 14.2. The van der Waals surface area contributed by atoms with Gasteiger partial charge >= 0.3 is 28.3 Å². The number of para-hydroxylation sites is 2. The van der Waals surface area contributed by atoms with Crippen LogP contribution in [0.25, 0.3) is 48.7 Å². The van der Waals surface area contributed by atoms with E-state index in [-0.39, 0.29) is 134 Å². The van der Waals surface area contributed by atoms with Crippen LogP contribution in [-0.2, 0) is 97.3 Å². The van der Waals surface area contributed by atoms with Crippen molar-refractivity contribution in [1.29, 1.82) is 0 Å². The Bertz CT molecular complexity index is 5540. The van der Waals surface area contributed by atoms with Crippen molar-refractivity contribution in [3.63, 3.8) is 0 Å². The number of aliphatic hydroxyl groups is 1. The number of benzene rings is 4. The zero-order valence-electron chi connectivity index (χ0n) is 68.9. The van der Waals surface area contributed by atoms with E-state index in [9.17, 15) is 56.3 Å². The molecule has 3 atom stereocenters. The molecular weight excluding hydrogens is 1690 g/mol. The van der Waals surface area contributed by atoms with E-state index in [4.69, 9.17) is 70.3 Å². The lowest BCUT2D eigenvalue weighted by Crippen LogP contribution is -2.57. The Kier molecular flexibility index (Phi) is 33.5. The number of nitrogens with two attached hydrogens (primary N) is 1. The Balaban J connectivity index is 0.756. The summed E-state index contributed by atoms with van der Waals surface area (Å²) >= 11 is 8.53. The highest BCUT2D eigenvalue weighted by Crippen LogP contribution is 2.46. The zero-order chi connectivity index (χ0) is 89.2. The molecule has 7 heterocycles. The van der Waals surface area contributed by atoms with Crippen LogP contribution in [0, 0.1) is 5.92 Å². The van der Waals surface area contributed by atoms with Gasteiger partial charge < -0.3 is 79.6 Å². The number of allylic oxidation sites excluding steroid dienone is 2. The van der Waals surface area contributed by atoms with Crippen LogP contribution < -0.4 is 55.4 Å². The van der Waals surface area contributed by atoms with Crippen molar-refractivity contribution in [1.82, 2.24) is 75.1 Å². The second-order valence-electron chi connectivity index (χ2n) is 29.5. The maximum atomic E-state index is 14.5. The van der Waals surface area contributed by atoms with E-state index in [0.717, 1.165) is 22.6 Å². The van der Waals surface area contributed by atoms with Crippen LogP contribution in [0.4, 0.5) is 19.7 Å². The summed E-state index contributed by atoms with van der Waals surface area (Å²) in [5.74, 6) is -3.55. The first-order valence-corrected chi connectivity index (χ1v) is 42.5. The highest BCUT2D eigenvalue weighted by atomic mass is 35.5. The number of thiophene rings is 1. The second kappa shape index (κ2) is 44.8. The summed E-state index contributed by atoms with van der Waals surface area (Å²) in [6, 6.07) is 21.9. The van der Waals surface area contributed by atoms with Crippen LogP contribution in [0.3, 0.4) is 0 Å². The first-order chi connectivity index (χ1) is 60.1. The molecule has 0 aliphatic carbocycles. The number of carbonyl (C=O) groups is 8. The third-order valence-corrected chi connectivity index (χ3v) is 22.5. The fourth-order valence-electron chi connectivity index (χ4n) is 13.6. The first-order valence-electron chi connectivity index (χ1n) is 39.9. The number of piperazine rings is 1. The summed E-state index contributed by atoms with van der Waals surface area (Å²) in [5, 5.41) is 40.5. The molecular formula is C83H97ClFN18O20S2+. The molecule has 11 rings (SSSR count). The number of hydrogen-bond donors (Lipinski definition) is 9. The minimum Gasteiger partial charge on any atom is -0.496 e. The summed E-state index contributed by atoms with van der Waals surface area (Å²) in [7, 11) is -0.584. The van der Waals surface area contributed by atoms with Gasteiger partial charge in [-0.05, 0) is 90.6 Å². The number of carboxylic acids is 1. The Morgan fingerprint density at radius 2 is 1.56 bits per heavy atom. The van der Waals surface area contributed by atoms with Gasteiger partial charge in [0.05, 0.1) is 125 Å². The largest absolute Gasteiger partial charge is 0.496 e. The van der Waals surface area contributed by atoms with Gasteiger partial charge in [-0.25, -0.2) is 53.1 Å². The minimum atomic E-state index is -4.28. The van der Waals surface area contributed by atoms with Crippen LogP contribution in [0.15, 0.2) is 134 Å². The first kappa shape index (κ1) is 93.4. The van der Waals surface area contributed by atoms with E-state index in [1.54, 1.807) is 92.7 Å². The summed E-state index contributed by atoms with van der Waals surface area (Å²) in [6.07, 6.45) is 6.54. The quantitative estimate of drug-likeness (QED) is 0.00883. The molecule has 0 radical (unpaired) electrons. The van der Waals surface area contributed by atoms with Crippen LogP contribution in [0.5, 0.6) is 23.1 Å². The molecule has 125 heavy (non-hydrogen) atoms. The Hall–Kier alpha value is -12.3. The second-order valence-corrected chi connectivity index (χ2v) is 32.3. The summed E-state index contributed by atoms with van der Waals surface area (Å²) in [4.78, 5) is 130. The number of carboxylic acid groups (broad SMARTS) is 1. The molecule has 0 spiro atoms. The number of methoxy groups -OCH3 is 1. The molecule has 1 fully saturated rings. The number of aliphatic hydroxyl groups excluding tert-OH is 1. The van der Waals surface area contributed by atoms with Crippen LogP contribution in [-0.4, -0.2) is 251 Å². The lowest BCUT2D eigenvalue weighted by molar-refractivity contribution is -0.926. The summed E-state index contributed by atoms with van der Waals surface area (Å²) in [6.45, 7) is 9.82. The SMILES string of the molecule is C=C(F)/C=C\c1nc2c(Cl)c(OCCN3CC[N+](C)(Cc4ccc(NC(=O)[C@H](CCCNC(N)=O)NC(=O)[C@@H](NC(=O)CCOCCN5C(=O)C=CC5=O)C(C)C)cc4COCc4cn(CCOC(=O)NS(=O)(=O)NCCOCCO)nn4)CC3)ccc2c2c1sc1ncnc(O[C@H](Cc3ccccc3OCc3ccnc(-c4ccccc4OC)n3)C(=O)O)c12. The lowest BCUT2D eigenvalue weighted by atomic mass is 10.0. The van der Waals surface area contributed by atoms with Crippen molar-refractivity contribution in [2.45, 2.75) is 90.6 Å². The fourth-order valence-corrected chi connectivity index (χ4v) is 15.6. The molecule has 42 heteroatoms. The molecule has 8 amide bonds. The molecule has 0 bridgehead atoms. The molecule has 664 valence electrons. The van der Waals surface area contributed by atoms with Gasteiger partial charge in [-0.2, -0.15) is 13.1 Å². The van der Waals surface area contributed by atoms with Crippen LogP contribution in [0.2, 0.25) is 5.02 Å². The van der Waals surface area contributed by atoms with Gasteiger partial charge in [0.25, 0.3) is 11.8 Å². The lowest BCUT2D eigenvalue weighted by Gasteiger charge is -2.42. The van der Waals surface area contributed by atoms with Gasteiger partial charge in [0, 0.05) is 85.9 Å². The van der Waals surface area contributed by atoms with Crippen LogP contribution in [0.1, 0.15) is 66.9 Å². The number of imide groups is 1. The zero-order valence-corrected chi connectivity index (χ0v) is 71.3. The Labute approximate surface area is 726 Å². The van der Waals surface area contributed by atoms with Gasteiger partial charge in [-0.3, -0.25) is 33.8 Å². The van der Waals surface area contributed by atoms with Crippen molar-refractivity contribution < 1.29 is 104 Å². The molecule has 9 aromatic rings. The smallest absolute Gasteiger partial charge is 0.421 e. The third-order valence-electron chi connectivity index (χ3n) is 20.0. The van der Waals surface area contributed by atoms with E-state index in [1.807, 2.05) is 30.3 Å². The average Bonchev–Trinajstić information content (AvgIpc) is 1.59. The van der Waals surface area contributed by atoms with E-state index >= 15 is 0 Å². The van der Waals surface area contributed by atoms with E-state index < -0.39 is 87.8 Å². The number of aromatic nitrogens is 8. The summed E-state index contributed by atoms with van der Waals surface area (Å²) in [5.41, 5.74) is 9.98. The number of nitrogens with zero attached hydrogens (tertiary/aromatic N) is 11. The number of rotatable bonds is 48. The number of anilines is 1. The molecule has 2 aliphatic rings. The standard InChI is InChI=1S/C83H96ClFN18O20S2/c1-51(2)73(96-67(105)25-37-117-39-33-102-68(106)22-23-69(102)107)78(109)95-62(13-10-26-88-82(86)112)77(108)93-56-18-17-54(55(43-56)47-119-48-58-45-101(99-97-58)32-41-121-83(113)98-125(114,115)91-28-38-118-42-36-104)46-103(4)34-29-100(30-35-103)31-40-120-65-21-19-60-70-71-79(89-50-90-80(71)124-75(70)61(20-16-52(3)85)94-74(60)72(65)84)123-66(81(110)111)44-53-11-6-8-14-63(53)122-49-57-24-27-87-76(92-57)59-12-7-9-15-64(59)116-5/h6-9,11-12,14-24,27,43,45,50-51,62,66,73,91,104H,3,10,13,25-26,28-42,44,46-49H2,1-2,4-5H3,(H7-,86,88,93,95,96,98,105,108,109,110,111,112,113)/p+1/b20-16-/t62-,66+,73-/m0/s1. The average molecular weight is 1790 g/mol. The number of primary amides is 1. The molecule has 10 N–H and O–H groups in total. The van der Waals surface area contributed by atoms with Crippen molar-refractivity contribution in [2.24, 2.45) is 11.7 Å². The number of halogens is 2. The predicted octanol–water partition coefficient (Wildman–Crippen LogP) is 6.23.